The molecule has 111 valence electrons. The molecule has 1 aliphatic rings. The molecule has 0 N–H and O–H groups in total. The largest absolute Gasteiger partial charge is 0.0795 e. The van der Waals surface area contributed by atoms with Crippen LogP contribution in [-0.4, -0.2) is 8.41 Å². The van der Waals surface area contributed by atoms with E-state index in [2.05, 4.69) is 72.8 Å². The summed E-state index contributed by atoms with van der Waals surface area (Å²) in [5.74, 6) is 0. The second kappa shape index (κ2) is 6.48. The molecule has 0 saturated heterocycles. The summed E-state index contributed by atoms with van der Waals surface area (Å²) < 4.78 is 0. The van der Waals surface area contributed by atoms with Crippen LogP contribution < -0.4 is 12.3 Å². The van der Waals surface area contributed by atoms with Crippen molar-refractivity contribution in [2.75, 3.05) is 0 Å². The van der Waals surface area contributed by atoms with E-state index >= 15 is 0 Å². The summed E-state index contributed by atoms with van der Waals surface area (Å²) in [5, 5.41) is 8.26. The number of nitrogens with zero attached hydrogens (tertiary/aromatic N) is 2. The highest BCUT2D eigenvalue weighted by atomic mass is 14.2. The molecule has 24 heavy (non-hydrogen) atoms. The smallest absolute Gasteiger partial charge is 0 e. The first kappa shape index (κ1) is 17.7. The van der Waals surface area contributed by atoms with Crippen LogP contribution in [0.25, 0.3) is 38.4 Å². The van der Waals surface area contributed by atoms with E-state index < -0.39 is 0 Å². The van der Waals surface area contributed by atoms with E-state index in [1.165, 1.54) is 43.4 Å². The van der Waals surface area contributed by atoms with Crippen LogP contribution in [0.3, 0.4) is 0 Å². The van der Waals surface area contributed by atoms with Crippen LogP contribution in [0.1, 0.15) is 11.1 Å². The van der Waals surface area contributed by atoms with Crippen molar-refractivity contribution in [2.24, 2.45) is 0 Å². The van der Waals surface area contributed by atoms with E-state index in [1.807, 2.05) is 0 Å². The van der Waals surface area contributed by atoms with Gasteiger partial charge in [-0.1, -0.05) is 60.7 Å². The van der Waals surface area contributed by atoms with Gasteiger partial charge >= 0.3 is 0 Å². The Labute approximate surface area is 143 Å². The summed E-state index contributed by atoms with van der Waals surface area (Å²) in [6.45, 7) is 0. The second-order valence-corrected chi connectivity index (χ2v) is 5.79. The standard InChI is InChI=1S/C21H14.B.2N/c1-4-10-18-14(6-1)12-16-8-5-11-19-17-9-3-2-7-15(17)13-20(18)21(16)19;;;/h1-10,12-13H,11H2;;;. The molecule has 5 rings (SSSR count). The van der Waals surface area contributed by atoms with Crippen LogP contribution in [0.2, 0.25) is 0 Å². The molecule has 0 fully saturated rings. The zero-order valence-corrected chi connectivity index (χ0v) is 13.1. The van der Waals surface area contributed by atoms with Gasteiger partial charge in [-0.2, -0.15) is 0 Å². The Morgan fingerprint density at radius 1 is 0.667 bits per heavy atom. The molecule has 4 aromatic rings. The van der Waals surface area contributed by atoms with E-state index in [9.17, 15) is 0 Å². The monoisotopic (exact) mass is 305 g/mol. The quantitative estimate of drug-likeness (QED) is 0.263. The molecule has 0 aliphatic heterocycles. The molecule has 4 aromatic carbocycles. The van der Waals surface area contributed by atoms with Crippen molar-refractivity contribution in [1.82, 2.24) is 12.3 Å². The van der Waals surface area contributed by atoms with Gasteiger partial charge in [0.1, 0.15) is 0 Å². The fourth-order valence-corrected chi connectivity index (χ4v) is 3.72. The number of fused-ring (bicyclic) bond motifs is 4. The average Bonchev–Trinajstić information content (AvgIpc) is 2.55. The molecule has 0 bridgehead atoms. The van der Waals surface area contributed by atoms with Crippen LogP contribution in [0, 0.1) is 0 Å². The molecule has 0 spiro atoms. The third-order valence-electron chi connectivity index (χ3n) is 4.63. The van der Waals surface area contributed by atoms with Gasteiger partial charge in [-0.15, -0.1) is 0 Å². The first-order valence-corrected chi connectivity index (χ1v) is 7.44. The lowest BCUT2D eigenvalue weighted by Crippen LogP contribution is -1.95. The molecular weight excluding hydrogens is 291 g/mol. The van der Waals surface area contributed by atoms with Crippen LogP contribution in [-0.2, 0) is 6.42 Å². The van der Waals surface area contributed by atoms with Crippen molar-refractivity contribution in [2.45, 2.75) is 6.42 Å². The van der Waals surface area contributed by atoms with Crippen molar-refractivity contribution in [3.05, 3.63) is 77.9 Å². The van der Waals surface area contributed by atoms with Gasteiger partial charge in [0.2, 0.25) is 0 Å². The maximum atomic E-state index is 2.36. The highest BCUT2D eigenvalue weighted by Gasteiger charge is 2.14. The van der Waals surface area contributed by atoms with Gasteiger partial charge in [0.25, 0.3) is 0 Å². The van der Waals surface area contributed by atoms with Crippen LogP contribution in [0.5, 0.6) is 0 Å². The normalized spacial score (nSPS) is 11.7. The van der Waals surface area contributed by atoms with Gasteiger partial charge in [0, 0.05) is 20.7 Å². The van der Waals surface area contributed by atoms with Crippen LogP contribution in [0.4, 0.5) is 0 Å². The van der Waals surface area contributed by atoms with E-state index in [4.69, 9.17) is 0 Å². The number of rotatable bonds is 0. The van der Waals surface area contributed by atoms with Crippen LogP contribution >= 0.6 is 0 Å². The number of hydrogen-bond donors (Lipinski definition) is 0. The van der Waals surface area contributed by atoms with Crippen molar-refractivity contribution in [1.29, 1.82) is 0 Å². The number of hydrogen-bond acceptors (Lipinski definition) is 0. The van der Waals surface area contributed by atoms with E-state index in [-0.39, 0.29) is 20.7 Å². The van der Waals surface area contributed by atoms with Gasteiger partial charge in [0.05, 0.1) is 0 Å². The predicted octanol–water partition coefficient (Wildman–Crippen LogP) is 4.37. The van der Waals surface area contributed by atoms with Gasteiger partial charge in [0.15, 0.2) is 0 Å². The Bertz CT molecular complexity index is 1070. The predicted molar refractivity (Wildman–Crippen MR) is 102 cm³/mol. The Morgan fingerprint density at radius 2 is 1.29 bits per heavy atom. The molecule has 0 atom stereocenters. The van der Waals surface area contributed by atoms with E-state index in [0.29, 0.717) is 0 Å². The van der Waals surface area contributed by atoms with Gasteiger partial charge in [-0.05, 0) is 62.0 Å². The topological polar surface area (TPSA) is 61.0 Å². The lowest BCUT2D eigenvalue weighted by atomic mass is 9.86. The lowest BCUT2D eigenvalue weighted by Gasteiger charge is -2.18. The Morgan fingerprint density at radius 3 is 2.04 bits per heavy atom. The first-order chi connectivity index (χ1) is 10.4. The highest BCUT2D eigenvalue weighted by Crippen LogP contribution is 2.38. The maximum absolute atomic E-state index is 2.36. The molecule has 0 aromatic heterocycles. The van der Waals surface area contributed by atoms with Crippen molar-refractivity contribution in [3.8, 4) is 0 Å². The third-order valence-corrected chi connectivity index (χ3v) is 4.63. The Balaban J connectivity index is 0.000000694. The minimum atomic E-state index is 0. The molecule has 0 saturated carbocycles. The third kappa shape index (κ3) is 2.30. The molecule has 0 unspecified atom stereocenters. The van der Waals surface area contributed by atoms with E-state index in [1.54, 1.807) is 0 Å². The summed E-state index contributed by atoms with van der Waals surface area (Å²) >= 11 is 0. The SMILES string of the molecule is C1=Cc2cc3ccccc3c3cc4ccccc4c(c23)C1.[B].[N].[N]. The summed E-state index contributed by atoms with van der Waals surface area (Å²) in [4.78, 5) is 0. The zero-order valence-electron chi connectivity index (χ0n) is 13.1. The van der Waals surface area contributed by atoms with Gasteiger partial charge in [-0.3, -0.25) is 0 Å². The molecule has 0 amide bonds. The minimum Gasteiger partial charge on any atom is -0.0795 e. The summed E-state index contributed by atoms with van der Waals surface area (Å²) in [7, 11) is 0. The fraction of sp³-hybridized carbons (Fsp3) is 0.0476. The van der Waals surface area contributed by atoms with Crippen molar-refractivity contribution >= 4 is 46.8 Å². The minimum absolute atomic E-state index is 0. The van der Waals surface area contributed by atoms with Gasteiger partial charge in [-0.25, -0.2) is 0 Å². The molecule has 9 radical (unpaired) electrons. The maximum Gasteiger partial charge on any atom is 0 e. The number of allylic oxidation sites excluding steroid dienone is 1. The van der Waals surface area contributed by atoms with Crippen molar-refractivity contribution < 1.29 is 0 Å². The Kier molecular flexibility index (Phi) is 4.79. The summed E-state index contributed by atoms with van der Waals surface area (Å²) in [5.41, 5.74) is 2.84. The zero-order chi connectivity index (χ0) is 13.8. The molecule has 3 heteroatoms. The average molecular weight is 305 g/mol. The Hall–Kier alpha value is -2.62. The lowest BCUT2D eigenvalue weighted by molar-refractivity contribution is 1.32. The first-order valence-electron chi connectivity index (χ1n) is 7.44. The molecule has 0 heterocycles. The van der Waals surface area contributed by atoms with Crippen molar-refractivity contribution in [3.63, 3.8) is 0 Å². The van der Waals surface area contributed by atoms with E-state index in [0.717, 1.165) is 6.42 Å². The molecular formula is C21H14BN2. The fourth-order valence-electron chi connectivity index (χ4n) is 3.72. The molecule has 1 aliphatic carbocycles. The van der Waals surface area contributed by atoms with Gasteiger partial charge < -0.3 is 0 Å². The number of benzene rings is 4. The second-order valence-electron chi connectivity index (χ2n) is 5.79. The summed E-state index contributed by atoms with van der Waals surface area (Å²) in [6.07, 6.45) is 5.60. The van der Waals surface area contributed by atoms with Crippen LogP contribution in [0.15, 0.2) is 66.7 Å². The summed E-state index contributed by atoms with van der Waals surface area (Å²) in [6, 6.07) is 22.1. The highest BCUT2D eigenvalue weighted by molar-refractivity contribution is 6.17. The molecule has 2 nitrogen and oxygen atoms in total.